The molecule has 20 heavy (non-hydrogen) atoms. The zero-order valence-electron chi connectivity index (χ0n) is 12.4. The molecule has 1 fully saturated rings. The number of aryl methyl sites for hydroxylation is 1. The summed E-state index contributed by atoms with van der Waals surface area (Å²) < 4.78 is 2.27. The predicted molar refractivity (Wildman–Crippen MR) is 81.2 cm³/mol. The molecule has 112 valence electrons. The van der Waals surface area contributed by atoms with E-state index in [2.05, 4.69) is 23.4 Å². The van der Waals surface area contributed by atoms with Crippen LogP contribution in [0, 0.1) is 5.41 Å². The molecule has 0 unspecified atom stereocenters. The maximum Gasteiger partial charge on any atom is 0.313 e. The number of thioether (sulfide) groups is 1. The monoisotopic (exact) mass is 296 g/mol. The zero-order valence-corrected chi connectivity index (χ0v) is 13.2. The minimum Gasteiger partial charge on any atom is -0.481 e. The van der Waals surface area contributed by atoms with E-state index in [1.165, 1.54) is 49.6 Å². The highest BCUT2D eigenvalue weighted by atomic mass is 32.2. The molecule has 0 saturated heterocycles. The van der Waals surface area contributed by atoms with Gasteiger partial charge in [0.05, 0.1) is 5.75 Å². The number of carbonyl (C=O) groups is 1. The van der Waals surface area contributed by atoms with Crippen LogP contribution in [0.15, 0.2) is 11.4 Å². The highest BCUT2D eigenvalue weighted by Gasteiger charge is 2.33. The van der Waals surface area contributed by atoms with Crippen LogP contribution in [0.25, 0.3) is 0 Å². The molecule has 0 bridgehead atoms. The minimum absolute atomic E-state index is 0.0826. The molecular formula is C15H24N2O2S. The maximum absolute atomic E-state index is 10.8. The summed E-state index contributed by atoms with van der Waals surface area (Å²) in [5, 5.41) is 9.72. The smallest absolute Gasteiger partial charge is 0.313 e. The van der Waals surface area contributed by atoms with Crippen molar-refractivity contribution in [3.05, 3.63) is 11.9 Å². The fourth-order valence-electron chi connectivity index (χ4n) is 3.17. The molecule has 0 atom stereocenters. The lowest BCUT2D eigenvalue weighted by molar-refractivity contribution is -0.133. The Bertz CT molecular complexity index is 464. The Kier molecular flexibility index (Phi) is 5.13. The van der Waals surface area contributed by atoms with Gasteiger partial charge in [-0.15, -0.1) is 0 Å². The summed E-state index contributed by atoms with van der Waals surface area (Å²) in [6.07, 6.45) is 9.26. The molecule has 1 aromatic rings. The first-order chi connectivity index (χ1) is 9.60. The number of hydrogen-bond acceptors (Lipinski definition) is 3. The zero-order chi connectivity index (χ0) is 14.6. The van der Waals surface area contributed by atoms with Crippen molar-refractivity contribution in [2.24, 2.45) is 5.41 Å². The van der Waals surface area contributed by atoms with Crippen molar-refractivity contribution in [1.29, 1.82) is 0 Å². The fourth-order valence-corrected chi connectivity index (χ4v) is 3.89. The van der Waals surface area contributed by atoms with Crippen LogP contribution in [0.3, 0.4) is 0 Å². The van der Waals surface area contributed by atoms with Crippen LogP contribution in [0.1, 0.15) is 51.6 Å². The van der Waals surface area contributed by atoms with Crippen molar-refractivity contribution in [1.82, 2.24) is 9.55 Å². The van der Waals surface area contributed by atoms with Gasteiger partial charge in [0, 0.05) is 18.4 Å². The summed E-state index contributed by atoms with van der Waals surface area (Å²) in [5.74, 6) is -0.701. The average Bonchev–Trinajstić information content (AvgIpc) is 3.04. The molecule has 0 amide bonds. The van der Waals surface area contributed by atoms with E-state index in [1.807, 2.05) is 6.20 Å². The van der Waals surface area contributed by atoms with Crippen molar-refractivity contribution in [3.8, 4) is 0 Å². The number of carboxylic acid groups (broad SMARTS) is 1. The van der Waals surface area contributed by atoms with Crippen LogP contribution in [-0.4, -0.2) is 26.4 Å². The van der Waals surface area contributed by atoms with E-state index in [1.54, 1.807) is 0 Å². The second kappa shape index (κ2) is 6.66. The molecule has 1 aromatic heterocycles. The van der Waals surface area contributed by atoms with Crippen molar-refractivity contribution in [2.45, 2.75) is 64.1 Å². The first-order valence-electron chi connectivity index (χ1n) is 7.49. The van der Waals surface area contributed by atoms with Gasteiger partial charge in [-0.1, -0.05) is 38.5 Å². The molecule has 1 aliphatic carbocycles. The highest BCUT2D eigenvalue weighted by molar-refractivity contribution is 7.99. The van der Waals surface area contributed by atoms with Crippen LogP contribution >= 0.6 is 11.8 Å². The average molecular weight is 296 g/mol. The molecule has 1 heterocycles. The van der Waals surface area contributed by atoms with Gasteiger partial charge < -0.3 is 9.67 Å². The van der Waals surface area contributed by atoms with Gasteiger partial charge in [-0.25, -0.2) is 4.98 Å². The first kappa shape index (κ1) is 15.4. The Labute approximate surface area is 125 Å². The summed E-state index contributed by atoms with van der Waals surface area (Å²) >= 11 is 1.34. The third-order valence-corrected chi connectivity index (χ3v) is 5.47. The van der Waals surface area contributed by atoms with Gasteiger partial charge in [-0.3, -0.25) is 4.79 Å². The molecular weight excluding hydrogens is 272 g/mol. The topological polar surface area (TPSA) is 55.1 Å². The number of aliphatic carboxylic acids is 1. The summed E-state index contributed by atoms with van der Waals surface area (Å²) in [6.45, 7) is 5.40. The molecule has 2 rings (SSSR count). The lowest BCUT2D eigenvalue weighted by Gasteiger charge is -2.29. The summed E-state index contributed by atoms with van der Waals surface area (Å²) in [7, 11) is 0. The quantitative estimate of drug-likeness (QED) is 0.781. The molecule has 0 spiro atoms. The Morgan fingerprint density at radius 2 is 2.15 bits per heavy atom. The molecule has 4 nitrogen and oxygen atoms in total. The van der Waals surface area contributed by atoms with Crippen molar-refractivity contribution >= 4 is 17.7 Å². The van der Waals surface area contributed by atoms with E-state index in [-0.39, 0.29) is 5.75 Å². The standard InChI is InChI=1S/C15H24N2O2S/c1-3-12-9-16-14(20-10-13(18)19)17(12)11-15(4-2)7-5-6-8-15/h9H,3-8,10-11H2,1-2H3,(H,18,19). The Balaban J connectivity index is 2.19. The Hall–Kier alpha value is -0.970. The van der Waals surface area contributed by atoms with Gasteiger partial charge in [-0.05, 0) is 31.1 Å². The van der Waals surface area contributed by atoms with E-state index in [9.17, 15) is 4.79 Å². The Morgan fingerprint density at radius 1 is 1.45 bits per heavy atom. The molecule has 0 radical (unpaired) electrons. The largest absolute Gasteiger partial charge is 0.481 e. The Morgan fingerprint density at radius 3 is 2.70 bits per heavy atom. The molecule has 0 aromatic carbocycles. The number of carboxylic acids is 1. The van der Waals surface area contributed by atoms with Gasteiger partial charge >= 0.3 is 5.97 Å². The van der Waals surface area contributed by atoms with Gasteiger partial charge in [0.2, 0.25) is 0 Å². The van der Waals surface area contributed by atoms with E-state index in [0.717, 1.165) is 18.1 Å². The summed E-state index contributed by atoms with van der Waals surface area (Å²) in [4.78, 5) is 15.2. The third kappa shape index (κ3) is 3.37. The number of hydrogen-bond donors (Lipinski definition) is 1. The first-order valence-corrected chi connectivity index (χ1v) is 8.48. The van der Waals surface area contributed by atoms with Crippen LogP contribution in [0.2, 0.25) is 0 Å². The third-order valence-electron chi connectivity index (χ3n) is 4.50. The van der Waals surface area contributed by atoms with Gasteiger partial charge in [-0.2, -0.15) is 0 Å². The lowest BCUT2D eigenvalue weighted by atomic mass is 9.83. The normalized spacial score (nSPS) is 17.5. The SMILES string of the molecule is CCc1cnc(SCC(=O)O)n1CC1(CC)CCCC1. The number of aromatic nitrogens is 2. The molecule has 1 N–H and O–H groups in total. The van der Waals surface area contributed by atoms with Crippen LogP contribution < -0.4 is 0 Å². The van der Waals surface area contributed by atoms with E-state index >= 15 is 0 Å². The second-order valence-corrected chi connectivity index (χ2v) is 6.66. The van der Waals surface area contributed by atoms with Crippen LogP contribution in [0.5, 0.6) is 0 Å². The van der Waals surface area contributed by atoms with Crippen molar-refractivity contribution < 1.29 is 9.90 Å². The molecule has 0 aliphatic heterocycles. The van der Waals surface area contributed by atoms with Gasteiger partial charge in [0.15, 0.2) is 5.16 Å². The molecule has 1 saturated carbocycles. The second-order valence-electron chi connectivity index (χ2n) is 5.71. The number of nitrogens with zero attached hydrogens (tertiary/aromatic N) is 2. The van der Waals surface area contributed by atoms with Gasteiger partial charge in [0.25, 0.3) is 0 Å². The molecule has 5 heteroatoms. The van der Waals surface area contributed by atoms with Gasteiger partial charge in [0.1, 0.15) is 0 Å². The van der Waals surface area contributed by atoms with E-state index in [4.69, 9.17) is 5.11 Å². The summed E-state index contributed by atoms with van der Waals surface area (Å²) in [5.41, 5.74) is 1.61. The van der Waals surface area contributed by atoms with Crippen LogP contribution in [-0.2, 0) is 17.8 Å². The number of imidazole rings is 1. The van der Waals surface area contributed by atoms with Crippen molar-refractivity contribution in [2.75, 3.05) is 5.75 Å². The minimum atomic E-state index is -0.784. The van der Waals surface area contributed by atoms with E-state index < -0.39 is 5.97 Å². The molecule has 1 aliphatic rings. The van der Waals surface area contributed by atoms with Crippen molar-refractivity contribution in [3.63, 3.8) is 0 Å². The predicted octanol–water partition coefficient (Wildman–Crippen LogP) is 3.59. The van der Waals surface area contributed by atoms with E-state index in [0.29, 0.717) is 5.41 Å². The highest BCUT2D eigenvalue weighted by Crippen LogP contribution is 2.43. The maximum atomic E-state index is 10.8. The lowest BCUT2D eigenvalue weighted by Crippen LogP contribution is -2.24. The number of rotatable bonds is 7. The summed E-state index contributed by atoms with van der Waals surface area (Å²) in [6, 6.07) is 0. The van der Waals surface area contributed by atoms with Crippen LogP contribution in [0.4, 0.5) is 0 Å². The fraction of sp³-hybridized carbons (Fsp3) is 0.733.